The quantitative estimate of drug-likeness (QED) is 0.717. The van der Waals surface area contributed by atoms with Gasteiger partial charge in [0.05, 0.1) is 35.4 Å². The first kappa shape index (κ1) is 17.2. The van der Waals surface area contributed by atoms with Gasteiger partial charge in [0.15, 0.2) is 0 Å². The number of rotatable bonds is 6. The van der Waals surface area contributed by atoms with E-state index < -0.39 is 11.8 Å². The van der Waals surface area contributed by atoms with Crippen LogP contribution < -0.4 is 4.74 Å². The zero-order valence-electron chi connectivity index (χ0n) is 14.7. The number of carbonyl (C=O) groups is 1. The smallest absolute Gasteiger partial charge is 0.335 e. The Kier molecular flexibility index (Phi) is 4.35. The normalized spacial score (nSPS) is 13.6. The predicted octanol–water partition coefficient (Wildman–Crippen LogP) is 3.78. The lowest BCUT2D eigenvalue weighted by Crippen LogP contribution is -2.04. The zero-order chi connectivity index (χ0) is 19.0. The summed E-state index contributed by atoms with van der Waals surface area (Å²) in [7, 11) is 1.75. The van der Waals surface area contributed by atoms with Crippen molar-refractivity contribution in [2.45, 2.75) is 12.8 Å². The maximum absolute atomic E-state index is 14.8. The Labute approximate surface area is 155 Å². The highest BCUT2D eigenvalue weighted by Gasteiger charge is 2.25. The van der Waals surface area contributed by atoms with Crippen LogP contribution in [0.25, 0.3) is 22.6 Å². The summed E-state index contributed by atoms with van der Waals surface area (Å²) in [5, 5.41) is 9.23. The van der Waals surface area contributed by atoms with Crippen LogP contribution in [-0.2, 0) is 7.05 Å². The third-order valence-electron chi connectivity index (χ3n) is 4.57. The number of hydrogen-bond acceptors (Lipinski definition) is 4. The highest BCUT2D eigenvalue weighted by Crippen LogP contribution is 2.39. The van der Waals surface area contributed by atoms with Crippen LogP contribution >= 0.6 is 0 Å². The van der Waals surface area contributed by atoms with Gasteiger partial charge in [-0.1, -0.05) is 6.07 Å². The molecule has 0 atom stereocenters. The molecule has 0 aliphatic heterocycles. The van der Waals surface area contributed by atoms with Crippen LogP contribution in [0.2, 0.25) is 0 Å². The van der Waals surface area contributed by atoms with Crippen molar-refractivity contribution in [2.24, 2.45) is 13.0 Å². The Bertz CT molecular complexity index is 1010. The molecule has 0 amide bonds. The van der Waals surface area contributed by atoms with E-state index in [2.05, 4.69) is 9.97 Å². The summed E-state index contributed by atoms with van der Waals surface area (Å²) < 4.78 is 22.4. The van der Waals surface area contributed by atoms with Crippen LogP contribution in [0, 0.1) is 11.7 Å². The van der Waals surface area contributed by atoms with Gasteiger partial charge in [0.1, 0.15) is 17.3 Å². The Hall–Kier alpha value is -3.22. The van der Waals surface area contributed by atoms with Gasteiger partial charge in [-0.25, -0.2) is 14.2 Å². The largest absolute Gasteiger partial charge is 0.492 e. The molecule has 1 aliphatic carbocycles. The summed E-state index contributed by atoms with van der Waals surface area (Å²) in [4.78, 5) is 19.8. The van der Waals surface area contributed by atoms with Gasteiger partial charge in [-0.2, -0.15) is 0 Å². The number of pyridine rings is 1. The SMILES string of the molecule is Cn1cnc(-c2cc(C(=O)O)ccn2)c1-c1c(F)cccc1OCC1CC1. The third kappa shape index (κ3) is 3.40. The Balaban J connectivity index is 1.83. The second-order valence-electron chi connectivity index (χ2n) is 6.65. The van der Waals surface area contributed by atoms with Crippen LogP contribution in [0.1, 0.15) is 23.2 Å². The number of aromatic carboxylic acids is 1. The van der Waals surface area contributed by atoms with Crippen LogP contribution in [-0.4, -0.2) is 32.2 Å². The van der Waals surface area contributed by atoms with Crippen molar-refractivity contribution in [3.05, 3.63) is 54.2 Å². The zero-order valence-corrected chi connectivity index (χ0v) is 14.7. The maximum atomic E-state index is 14.8. The van der Waals surface area contributed by atoms with E-state index in [4.69, 9.17) is 4.74 Å². The summed E-state index contributed by atoms with van der Waals surface area (Å²) in [5.41, 5.74) is 1.66. The fourth-order valence-electron chi connectivity index (χ4n) is 2.95. The number of carboxylic acid groups (broad SMARTS) is 1. The minimum atomic E-state index is -1.06. The molecule has 138 valence electrons. The molecule has 0 radical (unpaired) electrons. The van der Waals surface area contributed by atoms with E-state index in [1.54, 1.807) is 30.1 Å². The molecular weight excluding hydrogens is 349 g/mol. The Morgan fingerprint density at radius 1 is 1.33 bits per heavy atom. The summed E-state index contributed by atoms with van der Waals surface area (Å²) in [5.74, 6) is -0.514. The minimum absolute atomic E-state index is 0.0929. The third-order valence-corrected chi connectivity index (χ3v) is 4.57. The number of halogens is 1. The van der Waals surface area contributed by atoms with Crippen molar-refractivity contribution < 1.29 is 19.0 Å². The molecule has 0 unspecified atom stereocenters. The number of imidazole rings is 1. The van der Waals surface area contributed by atoms with E-state index in [-0.39, 0.29) is 5.56 Å². The average molecular weight is 367 g/mol. The Morgan fingerprint density at radius 2 is 2.15 bits per heavy atom. The van der Waals surface area contributed by atoms with Crippen LogP contribution in [0.15, 0.2) is 42.9 Å². The van der Waals surface area contributed by atoms with Gasteiger partial charge in [-0.3, -0.25) is 4.98 Å². The molecule has 1 aliphatic rings. The van der Waals surface area contributed by atoms with E-state index in [0.29, 0.717) is 40.9 Å². The van der Waals surface area contributed by atoms with E-state index in [9.17, 15) is 14.3 Å². The summed E-state index contributed by atoms with van der Waals surface area (Å²) in [6, 6.07) is 7.55. The van der Waals surface area contributed by atoms with Crippen LogP contribution in [0.5, 0.6) is 5.75 Å². The molecule has 2 aromatic heterocycles. The lowest BCUT2D eigenvalue weighted by Gasteiger charge is -2.14. The first-order chi connectivity index (χ1) is 13.0. The molecule has 1 fully saturated rings. The number of aryl methyl sites for hydroxylation is 1. The second-order valence-corrected chi connectivity index (χ2v) is 6.65. The number of aromatic nitrogens is 3. The molecule has 1 N–H and O–H groups in total. The van der Waals surface area contributed by atoms with Gasteiger partial charge < -0.3 is 14.4 Å². The van der Waals surface area contributed by atoms with Gasteiger partial charge in [0.2, 0.25) is 0 Å². The molecule has 1 aromatic carbocycles. The lowest BCUT2D eigenvalue weighted by molar-refractivity contribution is 0.0697. The van der Waals surface area contributed by atoms with Crippen LogP contribution in [0.3, 0.4) is 0 Å². The highest BCUT2D eigenvalue weighted by atomic mass is 19.1. The van der Waals surface area contributed by atoms with E-state index in [1.807, 2.05) is 0 Å². The van der Waals surface area contributed by atoms with E-state index >= 15 is 0 Å². The van der Waals surface area contributed by atoms with E-state index in [1.165, 1.54) is 24.4 Å². The highest BCUT2D eigenvalue weighted by molar-refractivity contribution is 5.90. The lowest BCUT2D eigenvalue weighted by atomic mass is 10.0. The molecule has 0 bridgehead atoms. The van der Waals surface area contributed by atoms with Crippen molar-refractivity contribution in [3.63, 3.8) is 0 Å². The minimum Gasteiger partial charge on any atom is -0.492 e. The molecule has 7 heteroatoms. The molecule has 27 heavy (non-hydrogen) atoms. The van der Waals surface area contributed by atoms with Gasteiger partial charge in [0, 0.05) is 13.2 Å². The first-order valence-electron chi connectivity index (χ1n) is 8.67. The van der Waals surface area contributed by atoms with Crippen molar-refractivity contribution in [1.29, 1.82) is 0 Å². The molecule has 2 heterocycles. The van der Waals surface area contributed by atoms with Crippen molar-refractivity contribution in [2.75, 3.05) is 6.61 Å². The number of nitrogens with zero attached hydrogens (tertiary/aromatic N) is 3. The first-order valence-corrected chi connectivity index (χ1v) is 8.67. The number of hydrogen-bond donors (Lipinski definition) is 1. The monoisotopic (exact) mass is 367 g/mol. The molecule has 1 saturated carbocycles. The molecule has 4 rings (SSSR count). The second kappa shape index (κ2) is 6.83. The van der Waals surface area contributed by atoms with Crippen molar-refractivity contribution in [3.8, 4) is 28.4 Å². The predicted molar refractivity (Wildman–Crippen MR) is 97.0 cm³/mol. The summed E-state index contributed by atoms with van der Waals surface area (Å²) >= 11 is 0. The topological polar surface area (TPSA) is 77.2 Å². The Morgan fingerprint density at radius 3 is 2.89 bits per heavy atom. The molecule has 6 nitrogen and oxygen atoms in total. The fourth-order valence-corrected chi connectivity index (χ4v) is 2.95. The van der Waals surface area contributed by atoms with Crippen LogP contribution in [0.4, 0.5) is 4.39 Å². The number of carboxylic acids is 1. The van der Waals surface area contributed by atoms with E-state index in [0.717, 1.165) is 12.8 Å². The van der Waals surface area contributed by atoms with Gasteiger partial charge in [-0.15, -0.1) is 0 Å². The summed E-state index contributed by atoms with van der Waals surface area (Å²) in [6.07, 6.45) is 5.22. The standard InChI is InChI=1S/C20H18FN3O3/c1-24-11-23-18(15-9-13(20(25)26)7-8-22-15)19(24)17-14(21)3-2-4-16(17)27-10-12-5-6-12/h2-4,7-9,11-12H,5-6,10H2,1H3,(H,25,26). The van der Waals surface area contributed by atoms with Gasteiger partial charge in [0.25, 0.3) is 0 Å². The number of ether oxygens (including phenoxy) is 1. The van der Waals surface area contributed by atoms with Crippen molar-refractivity contribution >= 4 is 5.97 Å². The van der Waals surface area contributed by atoms with Gasteiger partial charge >= 0.3 is 5.97 Å². The summed E-state index contributed by atoms with van der Waals surface area (Å²) in [6.45, 7) is 0.552. The fraction of sp³-hybridized carbons (Fsp3) is 0.250. The van der Waals surface area contributed by atoms with Gasteiger partial charge in [-0.05, 0) is 43.0 Å². The van der Waals surface area contributed by atoms with Crippen molar-refractivity contribution in [1.82, 2.24) is 14.5 Å². The number of benzene rings is 1. The molecule has 0 saturated heterocycles. The molecule has 3 aromatic rings. The maximum Gasteiger partial charge on any atom is 0.335 e. The average Bonchev–Trinajstić information content (AvgIpc) is 3.42. The molecule has 0 spiro atoms. The molecular formula is C20H18FN3O3.